The van der Waals surface area contributed by atoms with Crippen molar-refractivity contribution >= 4 is 11.6 Å². The summed E-state index contributed by atoms with van der Waals surface area (Å²) in [4.78, 5) is 0. The van der Waals surface area contributed by atoms with Crippen LogP contribution in [0.25, 0.3) is 11.3 Å². The molecule has 0 atom stereocenters. The largest absolute Gasteiger partial charge is 0.325 e. The van der Waals surface area contributed by atoms with Crippen LogP contribution in [0.5, 0.6) is 0 Å². The van der Waals surface area contributed by atoms with Gasteiger partial charge in [0.25, 0.3) is 0 Å². The Labute approximate surface area is 111 Å². The monoisotopic (exact) mass is 262 g/mol. The van der Waals surface area contributed by atoms with Crippen molar-refractivity contribution in [3.8, 4) is 11.3 Å². The molecule has 0 spiro atoms. The van der Waals surface area contributed by atoms with E-state index in [1.54, 1.807) is 0 Å². The van der Waals surface area contributed by atoms with E-state index in [2.05, 4.69) is 16.9 Å². The van der Waals surface area contributed by atoms with Crippen LogP contribution in [0.15, 0.2) is 36.4 Å². The van der Waals surface area contributed by atoms with Crippen LogP contribution in [0.2, 0.25) is 5.02 Å². The van der Waals surface area contributed by atoms with Crippen LogP contribution in [-0.4, -0.2) is 15.0 Å². The van der Waals surface area contributed by atoms with E-state index in [1.165, 1.54) is 0 Å². The molecule has 0 unspecified atom stereocenters. The molecule has 0 fully saturated rings. The number of rotatable bonds is 4. The lowest BCUT2D eigenvalue weighted by Crippen LogP contribution is -2.05. The highest BCUT2D eigenvalue weighted by Gasteiger charge is 2.13. The Morgan fingerprint density at radius 1 is 1.39 bits per heavy atom. The van der Waals surface area contributed by atoms with Gasteiger partial charge in [-0.15, -0.1) is 5.10 Å². The zero-order valence-electron chi connectivity index (χ0n) is 10.2. The van der Waals surface area contributed by atoms with Gasteiger partial charge in [0.05, 0.1) is 12.2 Å². The lowest BCUT2D eigenvalue weighted by molar-refractivity contribution is 0.648. The van der Waals surface area contributed by atoms with Crippen molar-refractivity contribution in [1.29, 1.82) is 0 Å². The van der Waals surface area contributed by atoms with Crippen LogP contribution in [0.3, 0.4) is 0 Å². The first-order valence-electron chi connectivity index (χ1n) is 5.64. The molecule has 0 radical (unpaired) electrons. The molecule has 1 aromatic carbocycles. The lowest BCUT2D eigenvalue weighted by atomic mass is 10.1. The SMILES string of the molecule is C=C(C)Cn1nnc(CN)c1-c1ccc(Cl)cc1. The predicted octanol–water partition coefficient (Wildman–Crippen LogP) is 2.63. The molecule has 0 saturated heterocycles. The number of halogens is 1. The Balaban J connectivity index is 2.49. The smallest absolute Gasteiger partial charge is 0.104 e. The van der Waals surface area contributed by atoms with Crippen LogP contribution in [0, 0.1) is 0 Å². The molecule has 18 heavy (non-hydrogen) atoms. The molecule has 0 aliphatic heterocycles. The third-order valence-corrected chi connectivity index (χ3v) is 2.79. The number of aromatic nitrogens is 3. The molecule has 1 heterocycles. The summed E-state index contributed by atoms with van der Waals surface area (Å²) in [6.45, 7) is 6.83. The van der Waals surface area contributed by atoms with Crippen molar-refractivity contribution in [3.63, 3.8) is 0 Å². The number of benzene rings is 1. The third-order valence-electron chi connectivity index (χ3n) is 2.54. The summed E-state index contributed by atoms with van der Waals surface area (Å²) in [5.41, 5.74) is 9.42. The molecule has 2 N–H and O–H groups in total. The quantitative estimate of drug-likeness (QED) is 0.862. The minimum atomic E-state index is 0.355. The van der Waals surface area contributed by atoms with Gasteiger partial charge in [0.2, 0.25) is 0 Å². The fourth-order valence-corrected chi connectivity index (χ4v) is 1.90. The summed E-state index contributed by atoms with van der Waals surface area (Å²) >= 11 is 5.89. The minimum absolute atomic E-state index is 0.355. The first-order chi connectivity index (χ1) is 8.61. The molecule has 2 aromatic rings. The molecule has 0 saturated carbocycles. The van der Waals surface area contributed by atoms with Gasteiger partial charge in [0, 0.05) is 17.1 Å². The van der Waals surface area contributed by atoms with Crippen molar-refractivity contribution in [2.24, 2.45) is 5.73 Å². The molecule has 0 amide bonds. The highest BCUT2D eigenvalue weighted by atomic mass is 35.5. The van der Waals surface area contributed by atoms with Crippen molar-refractivity contribution in [3.05, 3.63) is 47.1 Å². The van der Waals surface area contributed by atoms with E-state index in [1.807, 2.05) is 35.9 Å². The zero-order chi connectivity index (χ0) is 13.1. The summed E-state index contributed by atoms with van der Waals surface area (Å²) in [5, 5.41) is 8.92. The molecular formula is C13H15ClN4. The summed E-state index contributed by atoms with van der Waals surface area (Å²) in [5.74, 6) is 0. The van der Waals surface area contributed by atoms with E-state index in [0.29, 0.717) is 18.1 Å². The highest BCUT2D eigenvalue weighted by Crippen LogP contribution is 2.24. The topological polar surface area (TPSA) is 56.7 Å². The third kappa shape index (κ3) is 2.60. The second-order valence-electron chi connectivity index (χ2n) is 4.21. The zero-order valence-corrected chi connectivity index (χ0v) is 11.0. The molecule has 94 valence electrons. The summed E-state index contributed by atoms with van der Waals surface area (Å²) in [6, 6.07) is 7.56. The van der Waals surface area contributed by atoms with E-state index in [4.69, 9.17) is 17.3 Å². The fourth-order valence-electron chi connectivity index (χ4n) is 1.78. The number of hydrogen-bond donors (Lipinski definition) is 1. The molecule has 5 heteroatoms. The van der Waals surface area contributed by atoms with Crippen molar-refractivity contribution < 1.29 is 0 Å². The average molecular weight is 263 g/mol. The van der Waals surface area contributed by atoms with Crippen LogP contribution in [-0.2, 0) is 13.1 Å². The average Bonchev–Trinajstić information content (AvgIpc) is 2.72. The maximum atomic E-state index is 5.89. The Morgan fingerprint density at radius 2 is 2.06 bits per heavy atom. The van der Waals surface area contributed by atoms with Gasteiger partial charge in [0.15, 0.2) is 0 Å². The van der Waals surface area contributed by atoms with E-state index in [9.17, 15) is 0 Å². The standard InChI is InChI=1S/C13H15ClN4/c1-9(2)8-18-13(12(7-15)16-17-18)10-3-5-11(14)6-4-10/h3-6H,1,7-8,15H2,2H3. The van der Waals surface area contributed by atoms with Gasteiger partial charge in [-0.1, -0.05) is 41.1 Å². The van der Waals surface area contributed by atoms with Crippen molar-refractivity contribution in [2.75, 3.05) is 0 Å². The Hall–Kier alpha value is -1.65. The van der Waals surface area contributed by atoms with E-state index >= 15 is 0 Å². The molecule has 1 aromatic heterocycles. The number of nitrogens with zero attached hydrogens (tertiary/aromatic N) is 3. The molecule has 4 nitrogen and oxygen atoms in total. The first-order valence-corrected chi connectivity index (χ1v) is 6.02. The van der Waals surface area contributed by atoms with Gasteiger partial charge >= 0.3 is 0 Å². The van der Waals surface area contributed by atoms with Gasteiger partial charge in [-0.05, 0) is 19.1 Å². The second-order valence-corrected chi connectivity index (χ2v) is 4.65. The van der Waals surface area contributed by atoms with E-state index < -0.39 is 0 Å². The molecule has 0 bridgehead atoms. The maximum Gasteiger partial charge on any atom is 0.104 e. The molecular weight excluding hydrogens is 248 g/mol. The molecule has 0 aliphatic carbocycles. The molecule has 2 rings (SSSR count). The Bertz CT molecular complexity index is 557. The minimum Gasteiger partial charge on any atom is -0.325 e. The number of allylic oxidation sites excluding steroid dienone is 1. The highest BCUT2D eigenvalue weighted by molar-refractivity contribution is 6.30. The van der Waals surface area contributed by atoms with Crippen LogP contribution in [0.1, 0.15) is 12.6 Å². The maximum absolute atomic E-state index is 5.89. The lowest BCUT2D eigenvalue weighted by Gasteiger charge is -2.07. The Morgan fingerprint density at radius 3 is 2.61 bits per heavy atom. The van der Waals surface area contributed by atoms with Gasteiger partial charge in [-0.2, -0.15) is 0 Å². The van der Waals surface area contributed by atoms with Crippen LogP contribution >= 0.6 is 11.6 Å². The normalized spacial score (nSPS) is 10.6. The second kappa shape index (κ2) is 5.33. The van der Waals surface area contributed by atoms with Crippen LogP contribution in [0.4, 0.5) is 0 Å². The van der Waals surface area contributed by atoms with Crippen LogP contribution < -0.4 is 5.73 Å². The molecule has 0 aliphatic rings. The fraction of sp³-hybridized carbons (Fsp3) is 0.231. The van der Waals surface area contributed by atoms with Gasteiger partial charge in [-0.3, -0.25) is 0 Å². The Kier molecular flexibility index (Phi) is 3.79. The number of nitrogens with two attached hydrogens (primary N) is 1. The summed E-state index contributed by atoms with van der Waals surface area (Å²) < 4.78 is 1.81. The summed E-state index contributed by atoms with van der Waals surface area (Å²) in [7, 11) is 0. The first kappa shape index (κ1) is 12.8. The van der Waals surface area contributed by atoms with Gasteiger partial charge in [0.1, 0.15) is 5.69 Å². The van der Waals surface area contributed by atoms with Gasteiger partial charge in [-0.25, -0.2) is 4.68 Å². The predicted molar refractivity (Wildman–Crippen MR) is 73.2 cm³/mol. The van der Waals surface area contributed by atoms with Gasteiger partial charge < -0.3 is 5.73 Å². The number of hydrogen-bond acceptors (Lipinski definition) is 3. The summed E-state index contributed by atoms with van der Waals surface area (Å²) in [6.07, 6.45) is 0. The van der Waals surface area contributed by atoms with Crippen molar-refractivity contribution in [2.45, 2.75) is 20.0 Å². The van der Waals surface area contributed by atoms with E-state index in [-0.39, 0.29) is 0 Å². The van der Waals surface area contributed by atoms with E-state index in [0.717, 1.165) is 22.5 Å². The van der Waals surface area contributed by atoms with Crippen molar-refractivity contribution in [1.82, 2.24) is 15.0 Å².